The first-order valence-electron chi connectivity index (χ1n) is 5.94. The zero-order valence-electron chi connectivity index (χ0n) is 10.0. The third-order valence-corrected chi connectivity index (χ3v) is 2.72. The SMILES string of the molecule is CCOC(=O)c1cc(CN2CCNCC2)[nH]n1. The fourth-order valence-corrected chi connectivity index (χ4v) is 1.86. The van der Waals surface area contributed by atoms with Gasteiger partial charge in [0.15, 0.2) is 5.69 Å². The van der Waals surface area contributed by atoms with Gasteiger partial charge in [0.1, 0.15) is 0 Å². The molecule has 6 nitrogen and oxygen atoms in total. The van der Waals surface area contributed by atoms with Crippen LogP contribution in [-0.2, 0) is 11.3 Å². The van der Waals surface area contributed by atoms with Crippen LogP contribution in [-0.4, -0.2) is 53.9 Å². The molecule has 1 fully saturated rings. The van der Waals surface area contributed by atoms with Gasteiger partial charge in [0.05, 0.1) is 12.3 Å². The average Bonchev–Trinajstić information content (AvgIpc) is 2.79. The first kappa shape index (κ1) is 12.1. The number of aromatic amines is 1. The number of aromatic nitrogens is 2. The highest BCUT2D eigenvalue weighted by atomic mass is 16.5. The molecule has 17 heavy (non-hydrogen) atoms. The summed E-state index contributed by atoms with van der Waals surface area (Å²) in [6.07, 6.45) is 0. The zero-order valence-corrected chi connectivity index (χ0v) is 10.0. The Labute approximate surface area is 100 Å². The van der Waals surface area contributed by atoms with Gasteiger partial charge in [-0.3, -0.25) is 10.00 Å². The minimum absolute atomic E-state index is 0.358. The quantitative estimate of drug-likeness (QED) is 0.722. The number of hydrogen-bond donors (Lipinski definition) is 2. The number of H-pyrrole nitrogens is 1. The maximum atomic E-state index is 11.4. The van der Waals surface area contributed by atoms with Crippen molar-refractivity contribution in [2.24, 2.45) is 0 Å². The number of piperazine rings is 1. The highest BCUT2D eigenvalue weighted by Crippen LogP contribution is 2.06. The maximum absolute atomic E-state index is 11.4. The normalized spacial score (nSPS) is 17.0. The molecule has 0 spiro atoms. The molecule has 2 N–H and O–H groups in total. The van der Waals surface area contributed by atoms with Gasteiger partial charge in [0, 0.05) is 32.7 Å². The number of carbonyl (C=O) groups excluding carboxylic acids is 1. The summed E-state index contributed by atoms with van der Waals surface area (Å²) < 4.78 is 4.89. The largest absolute Gasteiger partial charge is 0.461 e. The molecule has 0 bridgehead atoms. The second-order valence-corrected chi connectivity index (χ2v) is 4.03. The summed E-state index contributed by atoms with van der Waals surface area (Å²) in [5.74, 6) is -0.365. The predicted octanol–water partition coefficient (Wildman–Crippen LogP) is -0.00840. The second kappa shape index (κ2) is 5.79. The molecular weight excluding hydrogens is 220 g/mol. The Morgan fingerprint density at radius 1 is 1.53 bits per heavy atom. The molecule has 0 aromatic carbocycles. The Morgan fingerprint density at radius 3 is 3.00 bits per heavy atom. The van der Waals surface area contributed by atoms with Crippen molar-refractivity contribution in [3.63, 3.8) is 0 Å². The van der Waals surface area contributed by atoms with Crippen molar-refractivity contribution in [3.8, 4) is 0 Å². The smallest absolute Gasteiger partial charge is 0.358 e. The standard InChI is InChI=1S/C11H18N4O2/c1-2-17-11(16)10-7-9(13-14-10)8-15-5-3-12-4-6-15/h7,12H,2-6,8H2,1H3,(H,13,14). The Bertz CT molecular complexity index is 371. The van der Waals surface area contributed by atoms with E-state index in [4.69, 9.17) is 4.74 Å². The molecule has 0 radical (unpaired) electrons. The third-order valence-electron chi connectivity index (χ3n) is 2.72. The Kier molecular flexibility index (Phi) is 4.11. The number of rotatable bonds is 4. The molecule has 1 saturated heterocycles. The second-order valence-electron chi connectivity index (χ2n) is 4.03. The van der Waals surface area contributed by atoms with Crippen LogP contribution in [0.5, 0.6) is 0 Å². The lowest BCUT2D eigenvalue weighted by molar-refractivity contribution is 0.0519. The molecule has 1 aromatic rings. The van der Waals surface area contributed by atoms with Gasteiger partial charge in [-0.25, -0.2) is 4.79 Å². The van der Waals surface area contributed by atoms with Crippen LogP contribution in [0.2, 0.25) is 0 Å². The van der Waals surface area contributed by atoms with E-state index in [1.54, 1.807) is 13.0 Å². The third kappa shape index (κ3) is 3.28. The lowest BCUT2D eigenvalue weighted by atomic mass is 10.3. The van der Waals surface area contributed by atoms with Crippen molar-refractivity contribution in [1.29, 1.82) is 0 Å². The summed E-state index contributed by atoms with van der Waals surface area (Å²) >= 11 is 0. The summed E-state index contributed by atoms with van der Waals surface area (Å²) in [5.41, 5.74) is 1.31. The summed E-state index contributed by atoms with van der Waals surface area (Å²) in [6, 6.07) is 1.76. The van der Waals surface area contributed by atoms with Crippen LogP contribution < -0.4 is 5.32 Å². The van der Waals surface area contributed by atoms with E-state index in [9.17, 15) is 4.79 Å². The van der Waals surface area contributed by atoms with Gasteiger partial charge in [-0.2, -0.15) is 5.10 Å². The Morgan fingerprint density at radius 2 is 2.29 bits per heavy atom. The molecule has 1 aliphatic rings. The van der Waals surface area contributed by atoms with Crippen molar-refractivity contribution in [2.75, 3.05) is 32.8 Å². The van der Waals surface area contributed by atoms with Gasteiger partial charge < -0.3 is 10.1 Å². The molecule has 0 amide bonds. The maximum Gasteiger partial charge on any atom is 0.358 e. The van der Waals surface area contributed by atoms with Crippen LogP contribution in [0.3, 0.4) is 0 Å². The minimum atomic E-state index is -0.365. The van der Waals surface area contributed by atoms with Crippen molar-refractivity contribution in [2.45, 2.75) is 13.5 Å². The van der Waals surface area contributed by atoms with Crippen LogP contribution in [0.4, 0.5) is 0 Å². The van der Waals surface area contributed by atoms with Crippen LogP contribution in [0, 0.1) is 0 Å². The van der Waals surface area contributed by atoms with Gasteiger partial charge in [-0.15, -0.1) is 0 Å². The van der Waals surface area contributed by atoms with E-state index in [1.165, 1.54) is 0 Å². The number of ether oxygens (including phenoxy) is 1. The van der Waals surface area contributed by atoms with E-state index in [0.29, 0.717) is 12.3 Å². The molecular formula is C11H18N4O2. The predicted molar refractivity (Wildman–Crippen MR) is 62.7 cm³/mol. The van der Waals surface area contributed by atoms with Crippen LogP contribution >= 0.6 is 0 Å². The molecule has 1 aromatic heterocycles. The van der Waals surface area contributed by atoms with E-state index in [2.05, 4.69) is 20.4 Å². The van der Waals surface area contributed by atoms with E-state index >= 15 is 0 Å². The van der Waals surface area contributed by atoms with Crippen LogP contribution in [0.1, 0.15) is 23.1 Å². The molecule has 6 heteroatoms. The molecule has 2 heterocycles. The highest BCUT2D eigenvalue weighted by molar-refractivity contribution is 5.87. The van der Waals surface area contributed by atoms with E-state index in [1.807, 2.05) is 0 Å². The van der Waals surface area contributed by atoms with Crippen molar-refractivity contribution in [3.05, 3.63) is 17.5 Å². The molecule has 2 rings (SSSR count). The summed E-state index contributed by atoms with van der Waals surface area (Å²) in [6.45, 7) is 7.03. The van der Waals surface area contributed by atoms with E-state index < -0.39 is 0 Å². The molecule has 94 valence electrons. The number of hydrogen-bond acceptors (Lipinski definition) is 5. The minimum Gasteiger partial charge on any atom is -0.461 e. The summed E-state index contributed by atoms with van der Waals surface area (Å²) in [5, 5.41) is 10.1. The first-order chi connectivity index (χ1) is 8.29. The fourth-order valence-electron chi connectivity index (χ4n) is 1.86. The van der Waals surface area contributed by atoms with E-state index in [-0.39, 0.29) is 5.97 Å². The monoisotopic (exact) mass is 238 g/mol. The van der Waals surface area contributed by atoms with Gasteiger partial charge in [-0.1, -0.05) is 0 Å². The van der Waals surface area contributed by atoms with Crippen LogP contribution in [0.15, 0.2) is 6.07 Å². The molecule has 0 aliphatic carbocycles. The lowest BCUT2D eigenvalue weighted by Gasteiger charge is -2.26. The fraction of sp³-hybridized carbons (Fsp3) is 0.636. The summed E-state index contributed by atoms with van der Waals surface area (Å²) in [7, 11) is 0. The molecule has 0 atom stereocenters. The highest BCUT2D eigenvalue weighted by Gasteiger charge is 2.14. The van der Waals surface area contributed by atoms with Gasteiger partial charge in [0.2, 0.25) is 0 Å². The molecule has 0 unspecified atom stereocenters. The number of esters is 1. The van der Waals surface area contributed by atoms with Crippen LogP contribution in [0.25, 0.3) is 0 Å². The van der Waals surface area contributed by atoms with Crippen molar-refractivity contribution in [1.82, 2.24) is 20.4 Å². The van der Waals surface area contributed by atoms with Gasteiger partial charge >= 0.3 is 5.97 Å². The lowest BCUT2D eigenvalue weighted by Crippen LogP contribution is -2.42. The van der Waals surface area contributed by atoms with Gasteiger partial charge in [-0.05, 0) is 13.0 Å². The van der Waals surface area contributed by atoms with Crippen molar-refractivity contribution < 1.29 is 9.53 Å². The topological polar surface area (TPSA) is 70.2 Å². The van der Waals surface area contributed by atoms with Gasteiger partial charge in [0.25, 0.3) is 0 Å². The molecule has 0 saturated carbocycles. The Balaban J connectivity index is 1.91. The van der Waals surface area contributed by atoms with Crippen molar-refractivity contribution >= 4 is 5.97 Å². The number of nitrogens with zero attached hydrogens (tertiary/aromatic N) is 2. The molecule has 1 aliphatic heterocycles. The summed E-state index contributed by atoms with van der Waals surface area (Å²) in [4.78, 5) is 13.7. The zero-order chi connectivity index (χ0) is 12.1. The Hall–Kier alpha value is -1.40. The average molecular weight is 238 g/mol. The number of nitrogens with one attached hydrogen (secondary N) is 2. The first-order valence-corrected chi connectivity index (χ1v) is 5.94. The number of carbonyl (C=O) groups is 1. The van der Waals surface area contributed by atoms with E-state index in [0.717, 1.165) is 38.4 Å².